The second-order valence-electron chi connectivity index (χ2n) is 6.03. The van der Waals surface area contributed by atoms with Crippen molar-refractivity contribution in [3.8, 4) is 0 Å². The van der Waals surface area contributed by atoms with Gasteiger partial charge in [0.25, 0.3) is 0 Å². The summed E-state index contributed by atoms with van der Waals surface area (Å²) < 4.78 is 5.18. The number of aliphatic hydroxyl groups excluding tert-OH is 1. The van der Waals surface area contributed by atoms with Crippen molar-refractivity contribution in [2.75, 3.05) is 19.7 Å². The van der Waals surface area contributed by atoms with Gasteiger partial charge in [-0.2, -0.15) is 0 Å². The van der Waals surface area contributed by atoms with E-state index in [0.29, 0.717) is 17.8 Å². The third-order valence-corrected chi connectivity index (χ3v) is 3.80. The molecule has 4 N–H and O–H groups in total. The minimum Gasteiger partial charge on any atom is -0.463 e. The van der Waals surface area contributed by atoms with E-state index in [-0.39, 0.29) is 19.2 Å². The summed E-state index contributed by atoms with van der Waals surface area (Å²) in [6.07, 6.45) is -0.531. The number of aliphatic hydroxyl groups is 1. The Morgan fingerprint density at radius 1 is 1.36 bits per heavy atom. The van der Waals surface area contributed by atoms with E-state index in [9.17, 15) is 14.7 Å². The minimum absolute atomic E-state index is 0.241. The van der Waals surface area contributed by atoms with Gasteiger partial charge in [0.2, 0.25) is 0 Å². The van der Waals surface area contributed by atoms with Gasteiger partial charge in [-0.3, -0.25) is 0 Å². The zero-order chi connectivity index (χ0) is 18.4. The Labute approximate surface area is 147 Å². The van der Waals surface area contributed by atoms with Crippen LogP contribution in [0.1, 0.15) is 31.0 Å². The van der Waals surface area contributed by atoms with Crippen LogP contribution in [-0.4, -0.2) is 42.9 Å². The molecule has 136 valence electrons. The number of aryl methyl sites for hydroxylation is 1. The van der Waals surface area contributed by atoms with E-state index >= 15 is 0 Å². The summed E-state index contributed by atoms with van der Waals surface area (Å²) in [6.45, 7) is 6.19. The van der Waals surface area contributed by atoms with Gasteiger partial charge < -0.3 is 25.8 Å². The van der Waals surface area contributed by atoms with Crippen molar-refractivity contribution in [3.63, 3.8) is 0 Å². The maximum absolute atomic E-state index is 12.5. The molecule has 1 aromatic carbocycles. The Hall–Kier alpha value is -2.38. The molecule has 2 atom stereocenters. The van der Waals surface area contributed by atoms with Crippen LogP contribution >= 0.6 is 0 Å². The molecule has 25 heavy (non-hydrogen) atoms. The second-order valence-corrected chi connectivity index (χ2v) is 6.03. The average Bonchev–Trinajstić information content (AvgIpc) is 2.54. The predicted molar refractivity (Wildman–Crippen MR) is 93.8 cm³/mol. The Morgan fingerprint density at radius 2 is 2.04 bits per heavy atom. The first-order valence-electron chi connectivity index (χ1n) is 8.35. The molecular formula is C18H25N3O4. The molecule has 7 heteroatoms. The number of carbonyl (C=O) groups excluding carboxylic acids is 2. The van der Waals surface area contributed by atoms with Crippen molar-refractivity contribution in [2.24, 2.45) is 0 Å². The zero-order valence-corrected chi connectivity index (χ0v) is 14.8. The molecule has 1 aliphatic rings. The van der Waals surface area contributed by atoms with Gasteiger partial charge in [-0.1, -0.05) is 29.8 Å². The highest BCUT2D eigenvalue weighted by atomic mass is 16.5. The van der Waals surface area contributed by atoms with Gasteiger partial charge >= 0.3 is 12.0 Å². The number of nitrogens with one attached hydrogen (secondary N) is 3. The van der Waals surface area contributed by atoms with Crippen molar-refractivity contribution in [2.45, 2.75) is 32.9 Å². The van der Waals surface area contributed by atoms with E-state index < -0.39 is 18.1 Å². The van der Waals surface area contributed by atoms with Gasteiger partial charge in [0.1, 0.15) is 0 Å². The predicted octanol–water partition coefficient (Wildman–Crippen LogP) is 1.14. The lowest BCUT2D eigenvalue weighted by Crippen LogP contribution is -2.48. The van der Waals surface area contributed by atoms with Gasteiger partial charge in [0, 0.05) is 18.8 Å². The van der Waals surface area contributed by atoms with Crippen molar-refractivity contribution in [3.05, 3.63) is 46.7 Å². The number of esters is 1. The lowest BCUT2D eigenvalue weighted by molar-refractivity contribution is -0.139. The third kappa shape index (κ3) is 5.04. The van der Waals surface area contributed by atoms with Crippen LogP contribution in [0.15, 0.2) is 35.5 Å². The molecule has 2 amide bonds. The quantitative estimate of drug-likeness (QED) is 0.554. The first kappa shape index (κ1) is 19.0. The van der Waals surface area contributed by atoms with Gasteiger partial charge in [-0.05, 0) is 26.3 Å². The van der Waals surface area contributed by atoms with Crippen LogP contribution in [0.3, 0.4) is 0 Å². The van der Waals surface area contributed by atoms with Crippen LogP contribution in [0.5, 0.6) is 0 Å². The molecule has 2 rings (SSSR count). The normalized spacial score (nSPS) is 18.4. The van der Waals surface area contributed by atoms with E-state index in [1.807, 2.05) is 31.2 Å². The van der Waals surface area contributed by atoms with Gasteiger partial charge in [-0.15, -0.1) is 0 Å². The number of ether oxygens (including phenoxy) is 1. The largest absolute Gasteiger partial charge is 0.463 e. The summed E-state index contributed by atoms with van der Waals surface area (Å²) in [4.78, 5) is 24.6. The Bertz CT molecular complexity index is 653. The van der Waals surface area contributed by atoms with Crippen molar-refractivity contribution in [1.29, 1.82) is 0 Å². The molecule has 1 heterocycles. The fourth-order valence-electron chi connectivity index (χ4n) is 2.62. The van der Waals surface area contributed by atoms with E-state index in [1.54, 1.807) is 13.8 Å². The summed E-state index contributed by atoms with van der Waals surface area (Å²) in [5, 5.41) is 17.9. The lowest BCUT2D eigenvalue weighted by atomic mass is 9.94. The highest BCUT2D eigenvalue weighted by Crippen LogP contribution is 2.27. The SMILES string of the molecule is CCOC(=O)C1=C(CNC[C@H](C)O)NC(=O)NC1c1ccc(C)cc1. The molecule has 7 nitrogen and oxygen atoms in total. The molecular weight excluding hydrogens is 322 g/mol. The molecule has 1 unspecified atom stereocenters. The molecule has 1 aromatic rings. The highest BCUT2D eigenvalue weighted by Gasteiger charge is 2.33. The fraction of sp³-hybridized carbons (Fsp3) is 0.444. The summed E-state index contributed by atoms with van der Waals surface area (Å²) in [5.74, 6) is -0.477. The Balaban J connectivity index is 2.38. The fourth-order valence-corrected chi connectivity index (χ4v) is 2.62. The maximum Gasteiger partial charge on any atom is 0.338 e. The topological polar surface area (TPSA) is 99.7 Å². The number of carbonyl (C=O) groups is 2. The number of hydrogen-bond acceptors (Lipinski definition) is 5. The van der Waals surface area contributed by atoms with E-state index in [0.717, 1.165) is 11.1 Å². The Kier molecular flexibility index (Phi) is 6.55. The number of amides is 2. The number of urea groups is 1. The van der Waals surface area contributed by atoms with Crippen LogP contribution in [-0.2, 0) is 9.53 Å². The van der Waals surface area contributed by atoms with Gasteiger partial charge in [0.15, 0.2) is 0 Å². The van der Waals surface area contributed by atoms with E-state index in [1.165, 1.54) is 0 Å². The van der Waals surface area contributed by atoms with Crippen LogP contribution < -0.4 is 16.0 Å². The molecule has 0 aromatic heterocycles. The molecule has 0 spiro atoms. The van der Waals surface area contributed by atoms with E-state index in [4.69, 9.17) is 4.74 Å². The minimum atomic E-state index is -0.586. The van der Waals surface area contributed by atoms with Crippen molar-refractivity contribution >= 4 is 12.0 Å². The molecule has 0 bridgehead atoms. The molecule has 0 saturated carbocycles. The van der Waals surface area contributed by atoms with Crippen LogP contribution in [0.4, 0.5) is 4.79 Å². The maximum atomic E-state index is 12.5. The molecule has 0 radical (unpaired) electrons. The van der Waals surface area contributed by atoms with Gasteiger partial charge in [0.05, 0.1) is 24.3 Å². The van der Waals surface area contributed by atoms with Crippen molar-refractivity contribution < 1.29 is 19.4 Å². The first-order valence-corrected chi connectivity index (χ1v) is 8.35. The van der Waals surface area contributed by atoms with Crippen LogP contribution in [0.25, 0.3) is 0 Å². The summed E-state index contributed by atoms with van der Waals surface area (Å²) in [6, 6.07) is 6.65. The zero-order valence-electron chi connectivity index (χ0n) is 14.8. The van der Waals surface area contributed by atoms with E-state index in [2.05, 4.69) is 16.0 Å². The summed E-state index contributed by atoms with van der Waals surface area (Å²) in [5.41, 5.74) is 2.71. The standard InChI is InChI=1S/C18H25N3O4/c1-4-25-17(23)15-14(10-19-9-12(3)22)20-18(24)21-16(15)13-7-5-11(2)6-8-13/h5-8,12,16,19,22H,4,9-10H2,1-3H3,(H2,20,21,24)/t12-,16?/m0/s1. The number of rotatable bonds is 7. The van der Waals surface area contributed by atoms with Crippen LogP contribution in [0.2, 0.25) is 0 Å². The monoisotopic (exact) mass is 347 g/mol. The molecule has 0 aliphatic carbocycles. The lowest BCUT2D eigenvalue weighted by Gasteiger charge is -2.29. The second kappa shape index (κ2) is 8.64. The molecule has 0 saturated heterocycles. The molecule has 1 aliphatic heterocycles. The van der Waals surface area contributed by atoms with Crippen LogP contribution in [0, 0.1) is 6.92 Å². The summed E-state index contributed by atoms with van der Waals surface area (Å²) >= 11 is 0. The smallest absolute Gasteiger partial charge is 0.338 e. The van der Waals surface area contributed by atoms with Crippen molar-refractivity contribution in [1.82, 2.24) is 16.0 Å². The Morgan fingerprint density at radius 3 is 2.64 bits per heavy atom. The van der Waals surface area contributed by atoms with Gasteiger partial charge in [-0.25, -0.2) is 9.59 Å². The number of hydrogen-bond donors (Lipinski definition) is 4. The third-order valence-electron chi connectivity index (χ3n) is 3.80. The summed E-state index contributed by atoms with van der Waals surface area (Å²) in [7, 11) is 0. The molecule has 0 fully saturated rings. The average molecular weight is 347 g/mol. The number of benzene rings is 1. The highest BCUT2D eigenvalue weighted by molar-refractivity contribution is 5.95. The first-order chi connectivity index (χ1) is 11.9.